The Labute approximate surface area is 172 Å². The highest BCUT2D eigenvalue weighted by Crippen LogP contribution is 2.37. The minimum Gasteiger partial charge on any atom is -0.292 e. The van der Waals surface area contributed by atoms with Gasteiger partial charge in [-0.05, 0) is 53.6 Å². The lowest BCUT2D eigenvalue weighted by atomic mass is 10.1. The van der Waals surface area contributed by atoms with Crippen LogP contribution in [0.15, 0.2) is 90.3 Å². The zero-order valence-electron chi connectivity index (χ0n) is 16.0. The normalized spacial score (nSPS) is 11.6. The van der Waals surface area contributed by atoms with E-state index >= 15 is 0 Å². The molecule has 0 N–H and O–H groups in total. The predicted molar refractivity (Wildman–Crippen MR) is 124 cm³/mol. The molecule has 0 aliphatic carbocycles. The second kappa shape index (κ2) is 6.29. The molecule has 2 heterocycles. The number of hydrogen-bond donors (Lipinski definition) is 0. The molecule has 0 saturated carbocycles. The van der Waals surface area contributed by atoms with Crippen molar-refractivity contribution in [2.75, 3.05) is 0 Å². The molecule has 6 rings (SSSR count). The number of thiophene rings is 1. The van der Waals surface area contributed by atoms with E-state index in [4.69, 9.17) is 4.98 Å². The Morgan fingerprint density at radius 2 is 1.62 bits per heavy atom. The van der Waals surface area contributed by atoms with Crippen molar-refractivity contribution >= 4 is 43.2 Å². The highest BCUT2D eigenvalue weighted by atomic mass is 32.1. The lowest BCUT2D eigenvalue weighted by Crippen LogP contribution is -1.97. The summed E-state index contributed by atoms with van der Waals surface area (Å²) in [5.74, 6) is 0.997. The van der Waals surface area contributed by atoms with Gasteiger partial charge in [-0.1, -0.05) is 54.6 Å². The summed E-state index contributed by atoms with van der Waals surface area (Å²) < 4.78 is 3.60. The second-order valence-electron chi connectivity index (χ2n) is 7.44. The average Bonchev–Trinajstić information content (AvgIpc) is 3.34. The van der Waals surface area contributed by atoms with E-state index in [0.717, 1.165) is 22.5 Å². The zero-order chi connectivity index (χ0) is 19.4. The lowest BCUT2D eigenvalue weighted by Gasteiger charge is -2.10. The van der Waals surface area contributed by atoms with Gasteiger partial charge in [-0.25, -0.2) is 4.98 Å². The average molecular weight is 391 g/mol. The van der Waals surface area contributed by atoms with Gasteiger partial charge in [0.05, 0.1) is 11.0 Å². The van der Waals surface area contributed by atoms with Crippen molar-refractivity contribution in [3.05, 3.63) is 95.9 Å². The summed E-state index contributed by atoms with van der Waals surface area (Å²) >= 11 is 1.79. The van der Waals surface area contributed by atoms with Gasteiger partial charge >= 0.3 is 0 Å². The molecule has 0 aliphatic heterocycles. The number of fused-ring (bicyclic) bond motifs is 3. The molecule has 3 heteroatoms. The molecule has 0 aliphatic rings. The summed E-state index contributed by atoms with van der Waals surface area (Å²) in [6, 6.07) is 30.2. The Morgan fingerprint density at radius 3 is 2.55 bits per heavy atom. The topological polar surface area (TPSA) is 17.8 Å². The van der Waals surface area contributed by atoms with Gasteiger partial charge in [0.2, 0.25) is 0 Å². The molecule has 29 heavy (non-hydrogen) atoms. The van der Waals surface area contributed by atoms with E-state index in [1.807, 2.05) is 0 Å². The molecule has 2 aromatic heterocycles. The van der Waals surface area contributed by atoms with Crippen LogP contribution >= 0.6 is 11.3 Å². The number of aryl methyl sites for hydroxylation is 1. The highest BCUT2D eigenvalue weighted by Gasteiger charge is 2.17. The van der Waals surface area contributed by atoms with Crippen molar-refractivity contribution in [1.82, 2.24) is 9.55 Å². The van der Waals surface area contributed by atoms with Gasteiger partial charge in [-0.3, -0.25) is 4.57 Å². The van der Waals surface area contributed by atoms with Crippen LogP contribution in [0.2, 0.25) is 0 Å². The third-order valence-corrected chi connectivity index (χ3v) is 6.47. The molecule has 0 spiro atoms. The maximum atomic E-state index is 5.05. The zero-order valence-corrected chi connectivity index (χ0v) is 16.8. The van der Waals surface area contributed by atoms with E-state index < -0.39 is 0 Å². The van der Waals surface area contributed by atoms with Crippen LogP contribution in [0.1, 0.15) is 5.56 Å². The maximum Gasteiger partial charge on any atom is 0.147 e. The molecule has 0 fully saturated rings. The number of aromatic nitrogens is 2. The monoisotopic (exact) mass is 390 g/mol. The summed E-state index contributed by atoms with van der Waals surface area (Å²) in [5.41, 5.74) is 5.76. The number of benzene rings is 4. The molecule has 0 radical (unpaired) electrons. The van der Waals surface area contributed by atoms with Gasteiger partial charge in [0.25, 0.3) is 0 Å². The van der Waals surface area contributed by atoms with Gasteiger partial charge in [0.1, 0.15) is 5.82 Å². The van der Waals surface area contributed by atoms with Crippen LogP contribution in [-0.4, -0.2) is 9.55 Å². The standard InChI is InChI=1S/C26H18N2S/c1-17-10-13-21-22(16-29-25(21)14-17)26-27-23-8-4-5-9-24(23)28(26)20-12-11-18-6-2-3-7-19(18)15-20/h2-16H,1H3. The van der Waals surface area contributed by atoms with Gasteiger partial charge in [0.15, 0.2) is 0 Å². The number of hydrogen-bond acceptors (Lipinski definition) is 2. The summed E-state index contributed by atoms with van der Waals surface area (Å²) in [5, 5.41) is 5.99. The molecule has 0 atom stereocenters. The molecule has 6 aromatic rings. The van der Waals surface area contributed by atoms with E-state index in [2.05, 4.69) is 102 Å². The van der Waals surface area contributed by atoms with Crippen LogP contribution in [-0.2, 0) is 0 Å². The first-order chi connectivity index (χ1) is 14.3. The molecule has 0 bridgehead atoms. The first-order valence-electron chi connectivity index (χ1n) is 9.73. The minimum atomic E-state index is 0.997. The quantitative estimate of drug-likeness (QED) is 0.302. The van der Waals surface area contributed by atoms with Gasteiger partial charge in [0, 0.05) is 26.7 Å². The number of imidazole rings is 1. The predicted octanol–water partition coefficient (Wildman–Crippen LogP) is 7.37. The number of nitrogens with zero attached hydrogens (tertiary/aromatic N) is 2. The molecule has 138 valence electrons. The number of rotatable bonds is 2. The second-order valence-corrected chi connectivity index (χ2v) is 8.35. The van der Waals surface area contributed by atoms with Crippen LogP contribution in [0.5, 0.6) is 0 Å². The Hall–Kier alpha value is -3.43. The maximum absolute atomic E-state index is 5.05. The number of para-hydroxylation sites is 2. The third-order valence-electron chi connectivity index (χ3n) is 5.52. The Bertz CT molecular complexity index is 1520. The first-order valence-corrected chi connectivity index (χ1v) is 10.6. The van der Waals surface area contributed by atoms with Crippen LogP contribution < -0.4 is 0 Å². The van der Waals surface area contributed by atoms with Crippen LogP contribution in [0, 0.1) is 6.92 Å². The molecule has 0 saturated heterocycles. The summed E-state index contributed by atoms with van der Waals surface area (Å²) in [6.45, 7) is 2.14. The third kappa shape index (κ3) is 2.59. The molecular weight excluding hydrogens is 372 g/mol. The van der Waals surface area contributed by atoms with Gasteiger partial charge < -0.3 is 0 Å². The summed E-state index contributed by atoms with van der Waals surface area (Å²) in [6.07, 6.45) is 0. The largest absolute Gasteiger partial charge is 0.292 e. The van der Waals surface area contributed by atoms with Gasteiger partial charge in [-0.15, -0.1) is 11.3 Å². The highest BCUT2D eigenvalue weighted by molar-refractivity contribution is 7.17. The van der Waals surface area contributed by atoms with Crippen molar-refractivity contribution in [3.8, 4) is 17.1 Å². The van der Waals surface area contributed by atoms with Gasteiger partial charge in [-0.2, -0.15) is 0 Å². The first kappa shape index (κ1) is 16.5. The van der Waals surface area contributed by atoms with Crippen molar-refractivity contribution in [2.24, 2.45) is 0 Å². The lowest BCUT2D eigenvalue weighted by molar-refractivity contribution is 1.11. The smallest absolute Gasteiger partial charge is 0.147 e. The fourth-order valence-electron chi connectivity index (χ4n) is 4.09. The molecule has 4 aromatic carbocycles. The molecule has 0 unspecified atom stereocenters. The Balaban J connectivity index is 1.68. The summed E-state index contributed by atoms with van der Waals surface area (Å²) in [7, 11) is 0. The van der Waals surface area contributed by atoms with E-state index in [1.165, 1.54) is 32.0 Å². The van der Waals surface area contributed by atoms with E-state index in [9.17, 15) is 0 Å². The Morgan fingerprint density at radius 1 is 0.793 bits per heavy atom. The molecule has 2 nitrogen and oxygen atoms in total. The van der Waals surface area contributed by atoms with Crippen molar-refractivity contribution in [1.29, 1.82) is 0 Å². The van der Waals surface area contributed by atoms with E-state index in [-0.39, 0.29) is 0 Å². The minimum absolute atomic E-state index is 0.997. The molecular formula is C26H18N2S. The molecule has 0 amide bonds. The summed E-state index contributed by atoms with van der Waals surface area (Å²) in [4.78, 5) is 5.05. The van der Waals surface area contributed by atoms with E-state index in [0.29, 0.717) is 0 Å². The fourth-order valence-corrected chi connectivity index (χ4v) is 5.13. The van der Waals surface area contributed by atoms with Crippen molar-refractivity contribution in [2.45, 2.75) is 6.92 Å². The SMILES string of the molecule is Cc1ccc2c(-c3nc4ccccc4n3-c3ccc4ccccc4c3)csc2c1. The van der Waals surface area contributed by atoms with E-state index in [1.54, 1.807) is 11.3 Å². The van der Waals surface area contributed by atoms with Crippen LogP contribution in [0.25, 0.3) is 49.0 Å². The van der Waals surface area contributed by atoms with Crippen molar-refractivity contribution in [3.63, 3.8) is 0 Å². The Kier molecular flexibility index (Phi) is 3.58. The van der Waals surface area contributed by atoms with Crippen LogP contribution in [0.4, 0.5) is 0 Å². The van der Waals surface area contributed by atoms with Crippen molar-refractivity contribution < 1.29 is 0 Å². The fraction of sp³-hybridized carbons (Fsp3) is 0.0385. The van der Waals surface area contributed by atoms with Crippen LogP contribution in [0.3, 0.4) is 0 Å².